The molecule has 0 saturated carbocycles. The van der Waals surface area contributed by atoms with Gasteiger partial charge in [0.2, 0.25) is 59.1 Å². The number of rotatable bonds is 38. The van der Waals surface area contributed by atoms with Gasteiger partial charge in [-0.1, -0.05) is 110 Å². The van der Waals surface area contributed by atoms with Crippen molar-refractivity contribution < 1.29 is 53.1 Å². The Kier molecular flexibility index (Phi) is 31.4. The molecule has 1 aromatic rings. The maximum absolute atomic E-state index is 14.4. The molecule has 82 heavy (non-hydrogen) atoms. The summed E-state index contributed by atoms with van der Waals surface area (Å²) in [4.78, 5) is 139. The first-order chi connectivity index (χ1) is 38.5. The van der Waals surface area contributed by atoms with E-state index in [0.717, 1.165) is 37.7 Å². The van der Waals surface area contributed by atoms with E-state index < -0.39 is 94.1 Å². The highest BCUT2D eigenvalue weighted by Crippen LogP contribution is 2.21. The number of nitrogens with zero attached hydrogens (tertiary/aromatic N) is 1. The van der Waals surface area contributed by atoms with Crippen LogP contribution in [0.15, 0.2) is 30.3 Å². The summed E-state index contributed by atoms with van der Waals surface area (Å²) >= 11 is 0. The molecule has 22 nitrogen and oxygen atoms in total. The summed E-state index contributed by atoms with van der Waals surface area (Å²) in [6, 6.07) is 3.66. The second kappa shape index (κ2) is 35.7. The smallest absolute Gasteiger partial charge is 0.246 e. The minimum absolute atomic E-state index is 0.00742. The zero-order chi connectivity index (χ0) is 61.8. The number of carbonyl (C=O) groups excluding carboxylic acids is 10. The number of amides is 10. The fourth-order valence-electron chi connectivity index (χ4n) is 9.39. The van der Waals surface area contributed by atoms with E-state index >= 15 is 0 Å². The normalized spacial score (nSPS) is 15.5. The zero-order valence-electron chi connectivity index (χ0n) is 51.6. The molecule has 464 valence electrons. The Balaban J connectivity index is 2.27. The number of likely N-dealkylation sites (tertiary alicyclic amines) is 1. The second-order valence-corrected chi connectivity index (χ2v) is 24.4. The monoisotopic (exact) mass is 1150 g/mol. The average molecular weight is 1150 g/mol. The maximum atomic E-state index is 14.4. The minimum Gasteiger partial charge on any atom is -0.395 e. The van der Waals surface area contributed by atoms with Gasteiger partial charge in [-0.05, 0) is 104 Å². The van der Waals surface area contributed by atoms with Crippen LogP contribution in [-0.2, 0) is 54.4 Å². The Morgan fingerprint density at radius 3 is 1.72 bits per heavy atom. The molecule has 0 spiro atoms. The van der Waals surface area contributed by atoms with Gasteiger partial charge in [-0.25, -0.2) is 0 Å². The Morgan fingerprint density at radius 1 is 0.585 bits per heavy atom. The van der Waals surface area contributed by atoms with Gasteiger partial charge in [0.25, 0.3) is 0 Å². The van der Waals surface area contributed by atoms with Gasteiger partial charge in [-0.2, -0.15) is 0 Å². The third-order valence-corrected chi connectivity index (χ3v) is 14.2. The average Bonchev–Trinajstić information content (AvgIpc) is 4.05. The maximum Gasteiger partial charge on any atom is 0.246 e. The highest BCUT2D eigenvalue weighted by Gasteiger charge is 2.42. The fraction of sp³-hybridized carbons (Fsp3) is 0.733. The lowest BCUT2D eigenvalue weighted by atomic mass is 9.96. The second-order valence-electron chi connectivity index (χ2n) is 24.4. The topological polar surface area (TPSA) is 314 Å². The highest BCUT2D eigenvalue weighted by molar-refractivity contribution is 6.00. The summed E-state index contributed by atoms with van der Waals surface area (Å²) in [6.45, 7) is 23.4. The van der Waals surface area contributed by atoms with Crippen LogP contribution in [0.5, 0.6) is 0 Å². The predicted octanol–water partition coefficient (Wildman–Crippen LogP) is 3.08. The van der Waals surface area contributed by atoms with Crippen molar-refractivity contribution in [2.24, 2.45) is 11.8 Å². The van der Waals surface area contributed by atoms with Gasteiger partial charge < -0.3 is 63.2 Å². The van der Waals surface area contributed by atoms with Crippen LogP contribution in [0.25, 0.3) is 0 Å². The lowest BCUT2D eigenvalue weighted by Crippen LogP contribution is -2.66. The van der Waals surface area contributed by atoms with Crippen LogP contribution in [-0.4, -0.2) is 155 Å². The Hall–Kier alpha value is -6.16. The number of unbranched alkanes of at least 4 members (excludes halogenated alkanes) is 5. The zero-order valence-corrected chi connectivity index (χ0v) is 51.6. The van der Waals surface area contributed by atoms with Crippen molar-refractivity contribution in [3.63, 3.8) is 0 Å². The van der Waals surface area contributed by atoms with Gasteiger partial charge >= 0.3 is 0 Å². The van der Waals surface area contributed by atoms with E-state index in [2.05, 4.69) is 60.1 Å². The number of carbonyl (C=O) groups is 10. The van der Waals surface area contributed by atoms with E-state index in [4.69, 9.17) is 5.11 Å². The summed E-state index contributed by atoms with van der Waals surface area (Å²) in [5.41, 5.74) is -4.13. The predicted molar refractivity (Wildman–Crippen MR) is 316 cm³/mol. The van der Waals surface area contributed by atoms with Gasteiger partial charge in [0, 0.05) is 51.5 Å². The van der Waals surface area contributed by atoms with Gasteiger partial charge in [0.15, 0.2) is 0 Å². The van der Waals surface area contributed by atoms with E-state index in [9.17, 15) is 47.9 Å². The summed E-state index contributed by atoms with van der Waals surface area (Å²) in [5, 5.41) is 37.1. The summed E-state index contributed by atoms with van der Waals surface area (Å²) < 4.78 is 0. The number of nitrogens with one attached hydrogen (secondary N) is 10. The van der Waals surface area contributed by atoms with E-state index in [-0.39, 0.29) is 74.9 Å². The van der Waals surface area contributed by atoms with E-state index in [1.807, 2.05) is 59.7 Å². The van der Waals surface area contributed by atoms with Crippen LogP contribution in [0, 0.1) is 11.8 Å². The van der Waals surface area contributed by atoms with Crippen molar-refractivity contribution >= 4 is 59.1 Å². The molecule has 11 N–H and O–H groups in total. The molecule has 0 bridgehead atoms. The molecule has 0 unspecified atom stereocenters. The molecule has 1 aromatic carbocycles. The SMILES string of the molecule is CCCCCCCC[C@H](NC(=O)C(C)(C)NC(=O)C(C)(C)NC(=O)[C@H](Cc1ccccc1)NC(=O)[C@@H]1CCCN1C(=O)CCC)C(=O)N[C@@H](CC(C)C)C(=O)NC(C)(C)C(=O)N[C@@H](CC(C)C)C(=O)NCCC(=O)N[C@@H](C)CNCCO. The number of hydrogen-bond acceptors (Lipinski definition) is 12. The molecule has 22 heteroatoms. The molecular formula is C60H103N11O11. The van der Waals surface area contributed by atoms with Gasteiger partial charge in [-0.3, -0.25) is 47.9 Å². The first-order valence-corrected chi connectivity index (χ1v) is 29.9. The summed E-state index contributed by atoms with van der Waals surface area (Å²) in [7, 11) is 0. The first-order valence-electron chi connectivity index (χ1n) is 29.9. The Morgan fingerprint density at radius 2 is 1.13 bits per heavy atom. The number of benzene rings is 1. The molecule has 1 saturated heterocycles. The van der Waals surface area contributed by atoms with Crippen molar-refractivity contribution in [1.29, 1.82) is 0 Å². The molecule has 1 aliphatic heterocycles. The van der Waals surface area contributed by atoms with Crippen LogP contribution < -0.4 is 53.2 Å². The van der Waals surface area contributed by atoms with Crippen LogP contribution in [0.3, 0.4) is 0 Å². The van der Waals surface area contributed by atoms with E-state index in [1.54, 1.807) is 17.0 Å². The Labute approximate surface area is 488 Å². The molecule has 2 rings (SSSR count). The lowest BCUT2D eigenvalue weighted by Gasteiger charge is -2.34. The van der Waals surface area contributed by atoms with Crippen molar-refractivity contribution in [1.82, 2.24) is 58.1 Å². The molecule has 6 atom stereocenters. The lowest BCUT2D eigenvalue weighted by molar-refractivity contribution is -0.140. The van der Waals surface area contributed by atoms with Crippen molar-refractivity contribution in [3.8, 4) is 0 Å². The molecule has 1 fully saturated rings. The molecule has 1 aliphatic rings. The van der Waals surface area contributed by atoms with Gasteiger partial charge in [0.1, 0.15) is 46.8 Å². The minimum atomic E-state index is -1.66. The fourth-order valence-corrected chi connectivity index (χ4v) is 9.39. The quantitative estimate of drug-likeness (QED) is 0.0426. The van der Waals surface area contributed by atoms with Crippen molar-refractivity contribution in [2.45, 2.75) is 239 Å². The molecule has 0 aliphatic carbocycles. The number of aliphatic hydroxyl groups excluding tert-OH is 1. The molecular weight excluding hydrogens is 1050 g/mol. The van der Waals surface area contributed by atoms with Crippen LogP contribution in [0.4, 0.5) is 0 Å². The Bertz CT molecular complexity index is 2240. The van der Waals surface area contributed by atoms with Crippen LogP contribution >= 0.6 is 0 Å². The first kappa shape index (κ1) is 71.9. The summed E-state index contributed by atoms with van der Waals surface area (Å²) in [5.74, 6) is -5.63. The third-order valence-electron chi connectivity index (χ3n) is 14.2. The number of aliphatic hydroxyl groups is 1. The largest absolute Gasteiger partial charge is 0.395 e. The molecule has 10 amide bonds. The summed E-state index contributed by atoms with van der Waals surface area (Å²) in [6.07, 6.45) is 8.02. The van der Waals surface area contributed by atoms with Gasteiger partial charge in [0.05, 0.1) is 6.61 Å². The van der Waals surface area contributed by atoms with Crippen LogP contribution in [0.1, 0.15) is 185 Å². The number of hydrogen-bond donors (Lipinski definition) is 11. The van der Waals surface area contributed by atoms with Crippen molar-refractivity contribution in [2.75, 3.05) is 32.8 Å². The van der Waals surface area contributed by atoms with Crippen molar-refractivity contribution in [3.05, 3.63) is 35.9 Å². The molecule has 0 aromatic heterocycles. The third kappa shape index (κ3) is 26.0. The van der Waals surface area contributed by atoms with Crippen LogP contribution in [0.2, 0.25) is 0 Å². The van der Waals surface area contributed by atoms with E-state index in [0.29, 0.717) is 51.7 Å². The van der Waals surface area contributed by atoms with E-state index in [1.165, 1.54) is 41.5 Å². The highest BCUT2D eigenvalue weighted by atomic mass is 16.3. The molecule has 0 radical (unpaired) electrons. The van der Waals surface area contributed by atoms with Gasteiger partial charge in [-0.15, -0.1) is 0 Å². The standard InChI is InChI=1S/C60H103N11O11/c1-14-16-17-18-19-23-28-43(51(76)64-45(36-40(5)6)52(77)68-58(8,9)55(80)67-44(35-39(3)4)50(75)62-31-30-48(73)63-41(7)38-61-32-34-72)66-56(81)59(10,11)70-57(82)60(12,13)69-53(78)46(37-42-26-21-20-22-27-42)65-54(79)47-29-24-33-71(47)49(74)25-15-2/h20-22,26-27,39-41,43-47,61,72H,14-19,23-25,28-38H2,1-13H3,(H,62,75)(H,63,73)(H,64,76)(H,65,79)(H,66,81)(H,67,80)(H,68,77)(H,69,78)(H,70,82)/t41-,43-,44-,45-,46-,47-/m0/s1. The molecule has 1 heterocycles.